The van der Waals surface area contributed by atoms with Gasteiger partial charge in [-0.05, 0) is 60.9 Å². The SMILES string of the molecule is O=C(NCc1ccco1)C1CCN(C(=O)c2ccc(SCc3cccnc3)cc2)CC1. The number of likely N-dealkylation sites (tertiary alicyclic amines) is 1. The molecular weight excluding hydrogens is 410 g/mol. The van der Waals surface area contributed by atoms with Crippen molar-refractivity contribution in [2.75, 3.05) is 13.1 Å². The van der Waals surface area contributed by atoms with Gasteiger partial charge in [0.1, 0.15) is 5.76 Å². The van der Waals surface area contributed by atoms with E-state index in [9.17, 15) is 9.59 Å². The fraction of sp³-hybridized carbons (Fsp3) is 0.292. The van der Waals surface area contributed by atoms with Crippen molar-refractivity contribution < 1.29 is 14.0 Å². The lowest BCUT2D eigenvalue weighted by atomic mass is 9.95. The zero-order valence-electron chi connectivity index (χ0n) is 17.2. The summed E-state index contributed by atoms with van der Waals surface area (Å²) in [5.41, 5.74) is 1.86. The first kappa shape index (κ1) is 21.2. The highest BCUT2D eigenvalue weighted by Crippen LogP contribution is 2.24. The van der Waals surface area contributed by atoms with Crippen molar-refractivity contribution in [1.29, 1.82) is 0 Å². The van der Waals surface area contributed by atoms with Crippen molar-refractivity contribution in [3.05, 3.63) is 84.1 Å². The topological polar surface area (TPSA) is 75.4 Å². The second-order valence-corrected chi connectivity index (χ2v) is 8.59. The van der Waals surface area contributed by atoms with Crippen LogP contribution in [0.1, 0.15) is 34.5 Å². The molecule has 7 heteroatoms. The normalized spacial score (nSPS) is 14.4. The number of amides is 2. The van der Waals surface area contributed by atoms with E-state index >= 15 is 0 Å². The molecule has 2 aromatic heterocycles. The van der Waals surface area contributed by atoms with Crippen LogP contribution in [0.2, 0.25) is 0 Å². The summed E-state index contributed by atoms with van der Waals surface area (Å²) in [5, 5.41) is 2.92. The predicted molar refractivity (Wildman–Crippen MR) is 119 cm³/mol. The molecule has 1 aromatic carbocycles. The number of carbonyl (C=O) groups excluding carboxylic acids is 2. The predicted octanol–water partition coefficient (Wildman–Crippen LogP) is 4.14. The molecule has 0 unspecified atom stereocenters. The number of nitrogens with zero attached hydrogens (tertiary/aromatic N) is 2. The van der Waals surface area contributed by atoms with Crippen LogP contribution in [0.3, 0.4) is 0 Å². The van der Waals surface area contributed by atoms with Crippen LogP contribution >= 0.6 is 11.8 Å². The second kappa shape index (κ2) is 10.3. The minimum Gasteiger partial charge on any atom is -0.467 e. The molecule has 1 N–H and O–H groups in total. The monoisotopic (exact) mass is 435 g/mol. The van der Waals surface area contributed by atoms with E-state index in [1.807, 2.05) is 47.5 Å². The van der Waals surface area contributed by atoms with E-state index in [1.54, 1.807) is 30.3 Å². The molecule has 1 fully saturated rings. The minimum atomic E-state index is -0.0646. The van der Waals surface area contributed by atoms with Gasteiger partial charge in [-0.2, -0.15) is 0 Å². The van der Waals surface area contributed by atoms with Crippen LogP contribution < -0.4 is 5.32 Å². The van der Waals surface area contributed by atoms with Gasteiger partial charge >= 0.3 is 0 Å². The number of thioether (sulfide) groups is 1. The number of benzene rings is 1. The molecule has 3 aromatic rings. The van der Waals surface area contributed by atoms with E-state index < -0.39 is 0 Å². The number of carbonyl (C=O) groups is 2. The van der Waals surface area contributed by atoms with Crippen LogP contribution in [0.25, 0.3) is 0 Å². The number of rotatable bonds is 7. The molecule has 0 bridgehead atoms. The van der Waals surface area contributed by atoms with Crippen LogP contribution in [0.15, 0.2) is 76.5 Å². The maximum Gasteiger partial charge on any atom is 0.253 e. The number of piperidine rings is 1. The smallest absolute Gasteiger partial charge is 0.253 e. The summed E-state index contributed by atoms with van der Waals surface area (Å²) in [4.78, 5) is 32.3. The van der Waals surface area contributed by atoms with E-state index in [2.05, 4.69) is 16.4 Å². The minimum absolute atomic E-state index is 0.0262. The average Bonchev–Trinajstić information content (AvgIpc) is 3.36. The van der Waals surface area contributed by atoms with Crippen LogP contribution in [0, 0.1) is 5.92 Å². The maximum absolute atomic E-state index is 12.8. The van der Waals surface area contributed by atoms with Gasteiger partial charge in [-0.3, -0.25) is 14.6 Å². The van der Waals surface area contributed by atoms with Gasteiger partial charge in [0.25, 0.3) is 5.91 Å². The molecule has 160 valence electrons. The van der Waals surface area contributed by atoms with E-state index in [0.717, 1.165) is 16.4 Å². The van der Waals surface area contributed by atoms with Gasteiger partial charge in [-0.15, -0.1) is 11.8 Å². The van der Waals surface area contributed by atoms with Gasteiger partial charge in [0.15, 0.2) is 0 Å². The number of aromatic nitrogens is 1. The molecule has 4 rings (SSSR count). The van der Waals surface area contributed by atoms with Crippen molar-refractivity contribution in [1.82, 2.24) is 15.2 Å². The average molecular weight is 436 g/mol. The lowest BCUT2D eigenvalue weighted by molar-refractivity contribution is -0.126. The van der Waals surface area contributed by atoms with Gasteiger partial charge in [-0.25, -0.2) is 0 Å². The molecular formula is C24H25N3O3S. The zero-order valence-corrected chi connectivity index (χ0v) is 18.0. The zero-order chi connectivity index (χ0) is 21.5. The fourth-order valence-electron chi connectivity index (χ4n) is 3.60. The van der Waals surface area contributed by atoms with Crippen LogP contribution in [-0.2, 0) is 17.1 Å². The Morgan fingerprint density at radius 2 is 1.90 bits per heavy atom. The molecule has 0 radical (unpaired) electrons. The van der Waals surface area contributed by atoms with E-state index in [1.165, 1.54) is 5.56 Å². The number of furan rings is 1. The Morgan fingerprint density at radius 1 is 1.10 bits per heavy atom. The molecule has 1 aliphatic rings. The third kappa shape index (κ3) is 5.76. The summed E-state index contributed by atoms with van der Waals surface area (Å²) in [6, 6.07) is 15.4. The van der Waals surface area contributed by atoms with Crippen molar-refractivity contribution in [3.8, 4) is 0 Å². The summed E-state index contributed by atoms with van der Waals surface area (Å²) >= 11 is 1.72. The van der Waals surface area contributed by atoms with E-state index in [0.29, 0.717) is 38.0 Å². The van der Waals surface area contributed by atoms with Crippen molar-refractivity contribution in [2.24, 2.45) is 5.92 Å². The van der Waals surface area contributed by atoms with Gasteiger partial charge in [-0.1, -0.05) is 6.07 Å². The summed E-state index contributed by atoms with van der Waals surface area (Å²) in [7, 11) is 0. The first-order valence-electron chi connectivity index (χ1n) is 10.4. The van der Waals surface area contributed by atoms with Gasteiger partial charge in [0, 0.05) is 47.6 Å². The third-order valence-corrected chi connectivity index (χ3v) is 6.48. The molecule has 1 aliphatic heterocycles. The summed E-state index contributed by atoms with van der Waals surface area (Å²) < 4.78 is 5.24. The Morgan fingerprint density at radius 3 is 2.58 bits per heavy atom. The molecule has 0 aliphatic carbocycles. The molecule has 0 atom stereocenters. The van der Waals surface area contributed by atoms with Crippen LogP contribution in [0.5, 0.6) is 0 Å². The Bertz CT molecular complexity index is 983. The number of nitrogens with one attached hydrogen (secondary N) is 1. The van der Waals surface area contributed by atoms with Gasteiger partial charge in [0.2, 0.25) is 5.91 Å². The molecule has 0 saturated carbocycles. The fourth-order valence-corrected chi connectivity index (χ4v) is 4.44. The maximum atomic E-state index is 12.8. The number of pyridine rings is 1. The molecule has 31 heavy (non-hydrogen) atoms. The van der Waals surface area contributed by atoms with Gasteiger partial charge in [0.05, 0.1) is 12.8 Å². The summed E-state index contributed by atoms with van der Waals surface area (Å²) in [6.07, 6.45) is 6.58. The quantitative estimate of drug-likeness (QED) is 0.565. The van der Waals surface area contributed by atoms with Crippen molar-refractivity contribution in [3.63, 3.8) is 0 Å². The highest BCUT2D eigenvalue weighted by molar-refractivity contribution is 7.98. The van der Waals surface area contributed by atoms with Gasteiger partial charge < -0.3 is 14.6 Å². The Balaban J connectivity index is 1.24. The summed E-state index contributed by atoms with van der Waals surface area (Å²) in [6.45, 7) is 1.58. The first-order valence-corrected chi connectivity index (χ1v) is 11.4. The molecule has 2 amide bonds. The molecule has 6 nitrogen and oxygen atoms in total. The van der Waals surface area contributed by atoms with Crippen molar-refractivity contribution >= 4 is 23.6 Å². The molecule has 0 spiro atoms. The Kier molecular flexibility index (Phi) is 7.04. The largest absolute Gasteiger partial charge is 0.467 e. The summed E-state index contributed by atoms with van der Waals surface area (Å²) in [5.74, 6) is 1.57. The lowest BCUT2D eigenvalue weighted by Crippen LogP contribution is -2.42. The Labute approximate surface area is 186 Å². The number of hydrogen-bond acceptors (Lipinski definition) is 5. The number of hydrogen-bond donors (Lipinski definition) is 1. The standard InChI is InChI=1S/C24H25N3O3S/c28-23(26-16-21-4-2-14-30-21)19-9-12-27(13-10-19)24(29)20-5-7-22(8-6-20)31-17-18-3-1-11-25-15-18/h1-8,11,14-15,19H,9-10,12-13,16-17H2,(H,26,28). The van der Waals surface area contributed by atoms with Crippen LogP contribution in [0.4, 0.5) is 0 Å². The highest BCUT2D eigenvalue weighted by Gasteiger charge is 2.27. The molecule has 1 saturated heterocycles. The van der Waals surface area contributed by atoms with E-state index in [-0.39, 0.29) is 17.7 Å². The third-order valence-electron chi connectivity index (χ3n) is 5.40. The first-order chi connectivity index (χ1) is 15.2. The Hall–Kier alpha value is -3.06. The van der Waals surface area contributed by atoms with Crippen LogP contribution in [-0.4, -0.2) is 34.8 Å². The van der Waals surface area contributed by atoms with Crippen molar-refractivity contribution in [2.45, 2.75) is 30.0 Å². The lowest BCUT2D eigenvalue weighted by Gasteiger charge is -2.31. The highest BCUT2D eigenvalue weighted by atomic mass is 32.2. The van der Waals surface area contributed by atoms with E-state index in [4.69, 9.17) is 4.42 Å². The molecule has 3 heterocycles. The second-order valence-electron chi connectivity index (χ2n) is 7.54.